The average Bonchev–Trinajstić information content (AvgIpc) is 3.35. The van der Waals surface area contributed by atoms with E-state index in [-0.39, 0.29) is 0 Å². The third-order valence-corrected chi connectivity index (χ3v) is 7.86. The molecule has 0 unspecified atom stereocenters. The lowest BCUT2D eigenvalue weighted by molar-refractivity contribution is 0.329. The molecule has 4 aromatic rings. The van der Waals surface area contributed by atoms with E-state index in [1.54, 1.807) is 12.3 Å². The van der Waals surface area contributed by atoms with Crippen LogP contribution >= 0.6 is 11.6 Å². The third-order valence-electron chi connectivity index (χ3n) is 7.64. The number of aryl methyl sites for hydroxylation is 1. The first-order chi connectivity index (χ1) is 19.9. The van der Waals surface area contributed by atoms with E-state index in [2.05, 4.69) is 67.3 Å². The van der Waals surface area contributed by atoms with Crippen molar-refractivity contribution >= 4 is 28.8 Å². The SMILES string of the molecule is CCCCN(C)CCC.CCc1ccc(-c2nc(C3CCCCC3)n3nc(Nc4cc(F)cc(Cl)c4)ncc23)cc1. The molecule has 1 fully saturated rings. The molecule has 1 saturated carbocycles. The highest BCUT2D eigenvalue weighted by Gasteiger charge is 2.24. The van der Waals surface area contributed by atoms with Crippen LogP contribution in [0.3, 0.4) is 0 Å². The van der Waals surface area contributed by atoms with Crippen LogP contribution in [0.1, 0.15) is 89.4 Å². The van der Waals surface area contributed by atoms with Gasteiger partial charge in [-0.15, -0.1) is 5.10 Å². The van der Waals surface area contributed by atoms with Crippen LogP contribution in [0.5, 0.6) is 0 Å². The van der Waals surface area contributed by atoms with Crippen molar-refractivity contribution in [2.45, 2.75) is 84.5 Å². The summed E-state index contributed by atoms with van der Waals surface area (Å²) in [6.45, 7) is 9.13. The van der Waals surface area contributed by atoms with Crippen LogP contribution in [0.15, 0.2) is 48.7 Å². The maximum Gasteiger partial charge on any atom is 0.245 e. The second kappa shape index (κ2) is 15.3. The largest absolute Gasteiger partial charge is 0.323 e. The molecular weight excluding hydrogens is 535 g/mol. The Morgan fingerprint density at radius 3 is 2.41 bits per heavy atom. The summed E-state index contributed by atoms with van der Waals surface area (Å²) in [4.78, 5) is 12.0. The molecule has 0 amide bonds. The fourth-order valence-electron chi connectivity index (χ4n) is 5.38. The number of halogens is 2. The van der Waals surface area contributed by atoms with Crippen molar-refractivity contribution in [3.63, 3.8) is 0 Å². The maximum atomic E-state index is 13.8. The smallest absolute Gasteiger partial charge is 0.245 e. The number of unbranched alkanes of at least 4 members (excludes halogenated alkanes) is 1. The predicted octanol–water partition coefficient (Wildman–Crippen LogP) is 9.07. The first-order valence-corrected chi connectivity index (χ1v) is 15.6. The molecule has 220 valence electrons. The molecule has 1 N–H and O–H groups in total. The van der Waals surface area contributed by atoms with Crippen molar-refractivity contribution in [3.8, 4) is 11.3 Å². The van der Waals surface area contributed by atoms with Gasteiger partial charge in [-0.05, 0) is 76.0 Å². The van der Waals surface area contributed by atoms with Crippen LogP contribution in [0.2, 0.25) is 5.02 Å². The first-order valence-electron chi connectivity index (χ1n) is 15.2. The predicted molar refractivity (Wildman–Crippen MR) is 169 cm³/mol. The zero-order valence-corrected chi connectivity index (χ0v) is 25.7. The zero-order valence-electron chi connectivity index (χ0n) is 25.0. The summed E-state index contributed by atoms with van der Waals surface area (Å²) in [6, 6.07) is 12.8. The number of benzene rings is 2. The van der Waals surface area contributed by atoms with Crippen LogP contribution < -0.4 is 5.32 Å². The molecule has 6 nitrogen and oxygen atoms in total. The highest BCUT2D eigenvalue weighted by Crippen LogP contribution is 2.35. The molecule has 0 bridgehead atoms. The lowest BCUT2D eigenvalue weighted by Crippen LogP contribution is -2.19. The van der Waals surface area contributed by atoms with Gasteiger partial charge < -0.3 is 10.2 Å². The van der Waals surface area contributed by atoms with Gasteiger partial charge >= 0.3 is 0 Å². The lowest BCUT2D eigenvalue weighted by atomic mass is 9.89. The normalized spacial score (nSPS) is 13.8. The molecule has 0 aliphatic heterocycles. The van der Waals surface area contributed by atoms with Gasteiger partial charge in [-0.3, -0.25) is 0 Å². The number of rotatable bonds is 10. The first kappa shape index (κ1) is 30.9. The number of anilines is 2. The van der Waals surface area contributed by atoms with Crippen molar-refractivity contribution in [3.05, 3.63) is 70.9 Å². The van der Waals surface area contributed by atoms with Gasteiger partial charge in [0.2, 0.25) is 5.95 Å². The number of aromatic nitrogens is 4. The second-order valence-corrected chi connectivity index (χ2v) is 11.5. The number of hydrogen-bond donors (Lipinski definition) is 1. The van der Waals surface area contributed by atoms with Crippen LogP contribution in [0.25, 0.3) is 16.8 Å². The quantitative estimate of drug-likeness (QED) is 0.203. The number of nitrogens with zero attached hydrogens (tertiary/aromatic N) is 5. The number of imidazole rings is 1. The Morgan fingerprint density at radius 1 is 1.00 bits per heavy atom. The summed E-state index contributed by atoms with van der Waals surface area (Å²) >= 11 is 5.99. The van der Waals surface area contributed by atoms with E-state index >= 15 is 0 Å². The molecule has 0 atom stereocenters. The van der Waals surface area contributed by atoms with Crippen LogP contribution in [-0.2, 0) is 6.42 Å². The van der Waals surface area contributed by atoms with Gasteiger partial charge in [0.15, 0.2) is 0 Å². The Labute approximate surface area is 249 Å². The molecule has 5 rings (SSSR count). The molecule has 0 radical (unpaired) electrons. The Hall–Kier alpha value is -3.03. The Bertz CT molecular complexity index is 1360. The average molecular weight is 579 g/mol. The van der Waals surface area contributed by atoms with Crippen LogP contribution in [0.4, 0.5) is 16.0 Å². The molecule has 2 aromatic heterocycles. The summed E-state index contributed by atoms with van der Waals surface area (Å²) in [5, 5.41) is 8.14. The number of fused-ring (bicyclic) bond motifs is 1. The van der Waals surface area contributed by atoms with Gasteiger partial charge in [-0.25, -0.2) is 18.9 Å². The summed E-state index contributed by atoms with van der Waals surface area (Å²) < 4.78 is 15.7. The minimum atomic E-state index is -0.413. The van der Waals surface area contributed by atoms with E-state index in [1.807, 2.05) is 4.52 Å². The lowest BCUT2D eigenvalue weighted by Gasteiger charge is -2.20. The topological polar surface area (TPSA) is 58.4 Å². The van der Waals surface area contributed by atoms with Crippen LogP contribution in [-0.4, -0.2) is 44.6 Å². The summed E-state index contributed by atoms with van der Waals surface area (Å²) in [7, 11) is 2.19. The molecular formula is C33H44ClFN6. The van der Waals surface area contributed by atoms with Gasteiger partial charge in [0, 0.05) is 22.2 Å². The van der Waals surface area contributed by atoms with Crippen molar-refractivity contribution in [2.24, 2.45) is 0 Å². The van der Waals surface area contributed by atoms with E-state index < -0.39 is 5.82 Å². The standard InChI is InChI=1S/C25H25ClFN5.C8H19N/c1-2-16-8-10-17(11-9-16)23-22-15-28-25(29-21-13-19(26)12-20(27)14-21)31-32(22)24(30-23)18-6-4-3-5-7-18;1-4-6-8-9(3)7-5-2/h8-15,18H,2-7H2,1H3,(H,29,31);4-8H2,1-3H3. The van der Waals surface area contributed by atoms with Gasteiger partial charge in [0.05, 0.1) is 11.9 Å². The monoisotopic (exact) mass is 578 g/mol. The van der Waals surface area contributed by atoms with Gasteiger partial charge in [-0.1, -0.05) is 82.3 Å². The fourth-order valence-corrected chi connectivity index (χ4v) is 5.60. The Balaban J connectivity index is 0.000000374. The highest BCUT2D eigenvalue weighted by molar-refractivity contribution is 6.30. The number of hydrogen-bond acceptors (Lipinski definition) is 5. The minimum absolute atomic E-state index is 0.317. The van der Waals surface area contributed by atoms with Gasteiger partial charge in [0.1, 0.15) is 17.2 Å². The van der Waals surface area contributed by atoms with E-state index in [1.165, 1.54) is 69.3 Å². The zero-order chi connectivity index (χ0) is 29.2. The summed E-state index contributed by atoms with van der Waals surface area (Å²) in [5.74, 6) is 1.30. The number of nitrogens with one attached hydrogen (secondary N) is 1. The van der Waals surface area contributed by atoms with Crippen molar-refractivity contribution in [1.29, 1.82) is 0 Å². The van der Waals surface area contributed by atoms with Crippen molar-refractivity contribution in [1.82, 2.24) is 24.5 Å². The Morgan fingerprint density at radius 2 is 1.76 bits per heavy atom. The highest BCUT2D eigenvalue weighted by atomic mass is 35.5. The molecule has 0 spiro atoms. The minimum Gasteiger partial charge on any atom is -0.323 e. The molecule has 8 heteroatoms. The fraction of sp³-hybridized carbons (Fsp3) is 0.485. The van der Waals surface area contributed by atoms with Crippen LogP contribution in [0, 0.1) is 5.82 Å². The van der Waals surface area contributed by atoms with E-state index in [4.69, 9.17) is 21.7 Å². The second-order valence-electron chi connectivity index (χ2n) is 11.0. The molecule has 41 heavy (non-hydrogen) atoms. The molecule has 2 heterocycles. The van der Waals surface area contributed by atoms with E-state index in [0.29, 0.717) is 22.6 Å². The summed E-state index contributed by atoms with van der Waals surface area (Å²) in [6.07, 6.45) is 12.6. The third kappa shape index (κ3) is 8.49. The maximum absolute atomic E-state index is 13.8. The van der Waals surface area contributed by atoms with Crippen molar-refractivity contribution in [2.75, 3.05) is 25.5 Å². The molecule has 2 aromatic carbocycles. The molecule has 0 saturated heterocycles. The van der Waals surface area contributed by atoms with Gasteiger partial charge in [0.25, 0.3) is 0 Å². The van der Waals surface area contributed by atoms with Gasteiger partial charge in [-0.2, -0.15) is 0 Å². The summed E-state index contributed by atoms with van der Waals surface area (Å²) in [5.41, 5.74) is 4.62. The van der Waals surface area contributed by atoms with Crippen molar-refractivity contribution < 1.29 is 4.39 Å². The Kier molecular flexibility index (Phi) is 11.5. The molecule has 1 aliphatic carbocycles. The molecule has 1 aliphatic rings. The van der Waals surface area contributed by atoms with E-state index in [9.17, 15) is 4.39 Å². The van der Waals surface area contributed by atoms with E-state index in [0.717, 1.165) is 41.9 Å².